The lowest BCUT2D eigenvalue weighted by molar-refractivity contribution is -0.147. The van der Waals surface area contributed by atoms with E-state index in [0.717, 1.165) is 73.3 Å². The molecule has 2 aromatic carbocycles. The monoisotopic (exact) mass is 605 g/mol. The molecule has 43 heavy (non-hydrogen) atoms. The molecule has 4 heterocycles. The van der Waals surface area contributed by atoms with E-state index < -0.39 is 11.9 Å². The van der Waals surface area contributed by atoms with Crippen molar-refractivity contribution in [3.05, 3.63) is 64.0 Å². The molecular weight excluding hydrogens is 562 g/mol. The number of anilines is 1. The topological polar surface area (TPSA) is 84.4 Å². The zero-order chi connectivity index (χ0) is 29.9. The first kappa shape index (κ1) is 30.1. The second-order valence-corrected chi connectivity index (χ2v) is 13.1. The number of para-hydroxylation sites is 1. The lowest BCUT2D eigenvalue weighted by Crippen LogP contribution is -2.47. The number of hydrogen-bond donors (Lipinski definition) is 1. The highest BCUT2D eigenvalue weighted by atomic mass is 32.1. The first-order valence-electron chi connectivity index (χ1n) is 15.5. The van der Waals surface area contributed by atoms with Crippen LogP contribution >= 0.6 is 11.3 Å². The summed E-state index contributed by atoms with van der Waals surface area (Å²) >= 11 is 1.58. The lowest BCUT2D eigenvalue weighted by atomic mass is 9.93. The Labute approximate surface area is 258 Å². The summed E-state index contributed by atoms with van der Waals surface area (Å²) in [5.41, 5.74) is 7.01. The van der Waals surface area contributed by atoms with Crippen LogP contribution in [0.5, 0.6) is 5.75 Å². The van der Waals surface area contributed by atoms with Crippen molar-refractivity contribution in [2.75, 3.05) is 51.4 Å². The Morgan fingerprint density at radius 3 is 2.77 bits per heavy atom. The van der Waals surface area contributed by atoms with Crippen LogP contribution in [-0.2, 0) is 27.3 Å². The maximum absolute atomic E-state index is 11.6. The number of piperidine rings is 1. The van der Waals surface area contributed by atoms with E-state index in [4.69, 9.17) is 19.2 Å². The average molecular weight is 606 g/mol. The Bertz CT molecular complexity index is 1420. The van der Waals surface area contributed by atoms with E-state index in [1.165, 1.54) is 16.7 Å². The standard InChI is InChI=1S/C34H43N3O5S/c1-22-5-4-6-27(30-21-43-34(35-30)37-14-10-28(33(38)39)31(19-37)40-3)32(22)42-20-24-7-8-25-9-13-36(18-23(2)29(25)17-24)26-11-15-41-16-12-26/h4-8,17,21,23,26,28,31H,9-16,18-20H2,1-3H3,(H,38,39)/t23-,28-,31+/m0/s1. The molecule has 2 fully saturated rings. The third-order valence-electron chi connectivity index (χ3n) is 9.44. The molecule has 0 amide bonds. The van der Waals surface area contributed by atoms with Gasteiger partial charge in [0.05, 0.1) is 17.7 Å². The number of ether oxygens (including phenoxy) is 3. The summed E-state index contributed by atoms with van der Waals surface area (Å²) in [4.78, 5) is 21.4. The Morgan fingerprint density at radius 1 is 1.14 bits per heavy atom. The molecule has 0 spiro atoms. The number of nitrogens with zero attached hydrogens (tertiary/aromatic N) is 3. The highest BCUT2D eigenvalue weighted by Crippen LogP contribution is 2.37. The van der Waals surface area contributed by atoms with Gasteiger partial charge in [0.1, 0.15) is 12.4 Å². The van der Waals surface area contributed by atoms with Crippen LogP contribution in [-0.4, -0.2) is 79.6 Å². The smallest absolute Gasteiger partial charge is 0.309 e. The van der Waals surface area contributed by atoms with Crippen LogP contribution < -0.4 is 9.64 Å². The maximum Gasteiger partial charge on any atom is 0.309 e. The van der Waals surface area contributed by atoms with Crippen molar-refractivity contribution in [1.29, 1.82) is 0 Å². The van der Waals surface area contributed by atoms with Crippen LogP contribution in [0.15, 0.2) is 41.8 Å². The molecule has 0 saturated carbocycles. The molecule has 0 unspecified atom stereocenters. The molecule has 0 bridgehead atoms. The van der Waals surface area contributed by atoms with E-state index in [1.807, 2.05) is 6.07 Å². The van der Waals surface area contributed by atoms with Gasteiger partial charge in [-0.25, -0.2) is 4.98 Å². The van der Waals surface area contributed by atoms with Gasteiger partial charge in [0.2, 0.25) is 0 Å². The van der Waals surface area contributed by atoms with E-state index >= 15 is 0 Å². The number of aliphatic carboxylic acids is 1. The molecule has 1 N–H and O–H groups in total. The average Bonchev–Trinajstić information content (AvgIpc) is 3.46. The zero-order valence-corrected chi connectivity index (χ0v) is 26.3. The van der Waals surface area contributed by atoms with E-state index in [-0.39, 0.29) is 6.10 Å². The molecule has 0 radical (unpaired) electrons. The number of rotatable bonds is 8. The van der Waals surface area contributed by atoms with Gasteiger partial charge in [-0.15, -0.1) is 11.3 Å². The molecule has 3 aromatic rings. The third-order valence-corrected chi connectivity index (χ3v) is 10.3. The molecule has 3 aliphatic heterocycles. The number of carbonyl (C=O) groups is 1. The minimum absolute atomic E-state index is 0.356. The quantitative estimate of drug-likeness (QED) is 0.347. The molecule has 8 nitrogen and oxygen atoms in total. The number of carboxylic acid groups (broad SMARTS) is 1. The molecular formula is C34H43N3O5S. The highest BCUT2D eigenvalue weighted by Gasteiger charge is 2.35. The minimum Gasteiger partial charge on any atom is -0.488 e. The fourth-order valence-electron chi connectivity index (χ4n) is 6.95. The maximum atomic E-state index is 11.6. The highest BCUT2D eigenvalue weighted by molar-refractivity contribution is 7.14. The van der Waals surface area contributed by atoms with E-state index in [9.17, 15) is 9.90 Å². The number of benzene rings is 2. The molecule has 2 saturated heterocycles. The first-order valence-corrected chi connectivity index (χ1v) is 16.4. The summed E-state index contributed by atoms with van der Waals surface area (Å²) in [6.45, 7) is 10.1. The van der Waals surface area contributed by atoms with Crippen LogP contribution in [0.1, 0.15) is 54.4 Å². The molecule has 1 aromatic heterocycles. The molecule has 6 rings (SSSR count). The number of carboxylic acids is 1. The normalized spacial score (nSPS) is 23.5. The molecule has 0 aliphatic carbocycles. The largest absolute Gasteiger partial charge is 0.488 e. The van der Waals surface area contributed by atoms with Gasteiger partial charge in [-0.1, -0.05) is 37.3 Å². The molecule has 3 atom stereocenters. The van der Waals surface area contributed by atoms with Crippen molar-refractivity contribution in [2.45, 2.75) is 64.2 Å². The number of thiazole rings is 1. The van der Waals surface area contributed by atoms with Crippen molar-refractivity contribution in [3.8, 4) is 17.0 Å². The fourth-order valence-corrected chi connectivity index (χ4v) is 7.82. The predicted octanol–water partition coefficient (Wildman–Crippen LogP) is 5.76. The number of methoxy groups -OCH3 is 1. The van der Waals surface area contributed by atoms with Gasteiger partial charge in [0, 0.05) is 63.5 Å². The summed E-state index contributed by atoms with van der Waals surface area (Å²) in [6, 6.07) is 13.7. The Hall–Kier alpha value is -2.98. The summed E-state index contributed by atoms with van der Waals surface area (Å²) < 4.78 is 17.7. The van der Waals surface area contributed by atoms with Crippen LogP contribution in [0.2, 0.25) is 0 Å². The van der Waals surface area contributed by atoms with Crippen LogP contribution in [0.25, 0.3) is 11.3 Å². The molecule has 9 heteroatoms. The van der Waals surface area contributed by atoms with Crippen molar-refractivity contribution in [1.82, 2.24) is 9.88 Å². The van der Waals surface area contributed by atoms with Crippen LogP contribution in [0, 0.1) is 12.8 Å². The second kappa shape index (κ2) is 13.3. The van der Waals surface area contributed by atoms with Crippen LogP contribution in [0.3, 0.4) is 0 Å². The second-order valence-electron chi connectivity index (χ2n) is 12.2. The summed E-state index contributed by atoms with van der Waals surface area (Å²) in [7, 11) is 1.58. The van der Waals surface area contributed by atoms with Gasteiger partial charge in [0.15, 0.2) is 5.13 Å². The van der Waals surface area contributed by atoms with Crippen molar-refractivity contribution in [2.24, 2.45) is 5.92 Å². The summed E-state index contributed by atoms with van der Waals surface area (Å²) in [5, 5.41) is 12.5. The number of fused-ring (bicyclic) bond motifs is 1. The van der Waals surface area contributed by atoms with Gasteiger partial charge in [-0.05, 0) is 66.8 Å². The summed E-state index contributed by atoms with van der Waals surface area (Å²) in [6.07, 6.45) is 3.54. The number of aromatic nitrogens is 1. The van der Waals surface area contributed by atoms with Gasteiger partial charge < -0.3 is 24.2 Å². The van der Waals surface area contributed by atoms with Crippen molar-refractivity contribution >= 4 is 22.4 Å². The Kier molecular flexibility index (Phi) is 9.33. The number of aryl methyl sites for hydroxylation is 1. The van der Waals surface area contributed by atoms with Gasteiger partial charge in [-0.3, -0.25) is 9.69 Å². The first-order chi connectivity index (χ1) is 20.9. The Balaban J connectivity index is 1.15. The number of hydrogen-bond acceptors (Lipinski definition) is 8. The minimum atomic E-state index is -0.797. The molecule has 3 aliphatic rings. The fraction of sp³-hybridized carbons (Fsp3) is 0.529. The van der Waals surface area contributed by atoms with Crippen LogP contribution in [0.4, 0.5) is 5.13 Å². The van der Waals surface area contributed by atoms with Crippen molar-refractivity contribution in [3.63, 3.8) is 0 Å². The lowest BCUT2D eigenvalue weighted by Gasteiger charge is -2.35. The third kappa shape index (κ3) is 6.60. The van der Waals surface area contributed by atoms with Gasteiger partial charge in [-0.2, -0.15) is 0 Å². The SMILES string of the molecule is CO[C@@H]1CN(c2nc(-c3cccc(C)c3OCc3ccc4c(c3)[C@@H](C)CN(C3CCOCC3)CC4)cs2)CC[C@@H]1C(=O)O. The van der Waals surface area contributed by atoms with E-state index in [0.29, 0.717) is 38.1 Å². The van der Waals surface area contributed by atoms with E-state index in [2.05, 4.69) is 59.4 Å². The van der Waals surface area contributed by atoms with Gasteiger partial charge >= 0.3 is 5.97 Å². The van der Waals surface area contributed by atoms with Gasteiger partial charge in [0.25, 0.3) is 0 Å². The molecule has 230 valence electrons. The predicted molar refractivity (Wildman–Crippen MR) is 169 cm³/mol. The van der Waals surface area contributed by atoms with Crippen molar-refractivity contribution < 1.29 is 24.1 Å². The Morgan fingerprint density at radius 2 is 1.98 bits per heavy atom. The van der Waals surface area contributed by atoms with E-state index in [1.54, 1.807) is 18.4 Å². The zero-order valence-electron chi connectivity index (χ0n) is 25.5. The summed E-state index contributed by atoms with van der Waals surface area (Å²) in [5.74, 6) is 0.0431.